The first-order valence-electron chi connectivity index (χ1n) is 7.33. The Kier molecular flexibility index (Phi) is 7.13. The lowest BCUT2D eigenvalue weighted by Crippen LogP contribution is -1.99. The second-order valence-electron chi connectivity index (χ2n) is 5.68. The van der Waals surface area contributed by atoms with Gasteiger partial charge in [0, 0.05) is 0 Å². The predicted molar refractivity (Wildman–Crippen MR) is 69.1 cm³/mol. The van der Waals surface area contributed by atoms with Gasteiger partial charge >= 0.3 is 0 Å². The van der Waals surface area contributed by atoms with Crippen LogP contribution in [0.25, 0.3) is 0 Å². The lowest BCUT2D eigenvalue weighted by atomic mass is 9.93. The fourth-order valence-electron chi connectivity index (χ4n) is 2.89. The quantitative estimate of drug-likeness (QED) is 0.397. The van der Waals surface area contributed by atoms with Gasteiger partial charge in [0.15, 0.2) is 0 Å². The number of rotatable bonds is 6. The summed E-state index contributed by atoms with van der Waals surface area (Å²) in [5.41, 5.74) is 0. The molecule has 90 valence electrons. The van der Waals surface area contributed by atoms with E-state index in [9.17, 15) is 0 Å². The number of unbranched alkanes of at least 4 members (excludes halogenated alkanes) is 4. The molecule has 0 N–H and O–H groups in total. The fourth-order valence-corrected chi connectivity index (χ4v) is 2.89. The maximum Gasteiger partial charge on any atom is -0.0414 e. The molecule has 0 saturated heterocycles. The smallest absolute Gasteiger partial charge is 0.0414 e. The van der Waals surface area contributed by atoms with Crippen molar-refractivity contribution >= 4 is 0 Å². The van der Waals surface area contributed by atoms with Gasteiger partial charge in [-0.3, -0.25) is 0 Å². The van der Waals surface area contributed by atoms with Gasteiger partial charge in [0.2, 0.25) is 0 Å². The van der Waals surface area contributed by atoms with E-state index >= 15 is 0 Å². The van der Waals surface area contributed by atoms with Crippen LogP contribution in [0, 0.1) is 11.8 Å². The molecule has 1 saturated carbocycles. The molecule has 0 spiro atoms. The molecule has 0 heteroatoms. The molecule has 1 aliphatic carbocycles. The second kappa shape index (κ2) is 8.19. The minimum atomic E-state index is 1.01. The van der Waals surface area contributed by atoms with E-state index in [4.69, 9.17) is 0 Å². The zero-order chi connectivity index (χ0) is 10.9. The van der Waals surface area contributed by atoms with Gasteiger partial charge in [-0.15, -0.1) is 0 Å². The standard InChI is InChI=1S/C15H30/c1-3-4-5-6-7-10-15-11-8-9-14(2)12-13-15/h14-15H,3-13H2,1-2H3/t14?,15-/m0/s1. The van der Waals surface area contributed by atoms with Crippen molar-refractivity contribution in [3.63, 3.8) is 0 Å². The SMILES string of the molecule is CCCCCCC[C@H]1CCCC(C)CC1. The molecule has 1 aliphatic rings. The first-order valence-corrected chi connectivity index (χ1v) is 7.33. The molecule has 15 heavy (non-hydrogen) atoms. The molecule has 1 fully saturated rings. The van der Waals surface area contributed by atoms with Crippen LogP contribution < -0.4 is 0 Å². The summed E-state index contributed by atoms with van der Waals surface area (Å²) in [6.07, 6.45) is 16.3. The summed E-state index contributed by atoms with van der Waals surface area (Å²) in [4.78, 5) is 0. The van der Waals surface area contributed by atoms with Crippen molar-refractivity contribution < 1.29 is 0 Å². The van der Waals surface area contributed by atoms with Gasteiger partial charge in [0.1, 0.15) is 0 Å². The number of hydrogen-bond acceptors (Lipinski definition) is 0. The largest absolute Gasteiger partial charge is 0.0654 e. The van der Waals surface area contributed by atoms with Crippen LogP contribution in [-0.4, -0.2) is 0 Å². The van der Waals surface area contributed by atoms with E-state index in [0.29, 0.717) is 0 Å². The van der Waals surface area contributed by atoms with E-state index < -0.39 is 0 Å². The summed E-state index contributed by atoms with van der Waals surface area (Å²) in [6, 6.07) is 0. The minimum absolute atomic E-state index is 1.01. The van der Waals surface area contributed by atoms with Crippen molar-refractivity contribution in [1.29, 1.82) is 0 Å². The zero-order valence-electron chi connectivity index (χ0n) is 10.9. The van der Waals surface area contributed by atoms with Crippen LogP contribution >= 0.6 is 0 Å². The Morgan fingerprint density at radius 1 is 0.867 bits per heavy atom. The number of hydrogen-bond donors (Lipinski definition) is 0. The van der Waals surface area contributed by atoms with Crippen molar-refractivity contribution in [2.24, 2.45) is 11.8 Å². The van der Waals surface area contributed by atoms with E-state index in [1.165, 1.54) is 70.6 Å². The third-order valence-electron chi connectivity index (χ3n) is 4.09. The van der Waals surface area contributed by atoms with Crippen molar-refractivity contribution in [1.82, 2.24) is 0 Å². The van der Waals surface area contributed by atoms with Crippen LogP contribution in [0.5, 0.6) is 0 Å². The summed E-state index contributed by atoms with van der Waals surface area (Å²) in [7, 11) is 0. The van der Waals surface area contributed by atoms with E-state index in [0.717, 1.165) is 11.8 Å². The van der Waals surface area contributed by atoms with Crippen LogP contribution in [0.1, 0.15) is 84.5 Å². The normalized spacial score (nSPS) is 27.6. The molecule has 0 aromatic rings. The summed E-state index contributed by atoms with van der Waals surface area (Å²) < 4.78 is 0. The van der Waals surface area contributed by atoms with Crippen LogP contribution in [0.2, 0.25) is 0 Å². The first-order chi connectivity index (χ1) is 7.33. The zero-order valence-corrected chi connectivity index (χ0v) is 10.9. The van der Waals surface area contributed by atoms with Crippen molar-refractivity contribution in [2.45, 2.75) is 84.5 Å². The second-order valence-corrected chi connectivity index (χ2v) is 5.68. The molecule has 2 atom stereocenters. The van der Waals surface area contributed by atoms with Crippen LogP contribution in [0.3, 0.4) is 0 Å². The highest BCUT2D eigenvalue weighted by atomic mass is 14.2. The summed E-state index contributed by atoms with van der Waals surface area (Å²) in [5, 5.41) is 0. The average molecular weight is 210 g/mol. The molecule has 1 rings (SSSR count). The fraction of sp³-hybridized carbons (Fsp3) is 1.00. The molecule has 0 aromatic heterocycles. The minimum Gasteiger partial charge on any atom is -0.0654 e. The van der Waals surface area contributed by atoms with Gasteiger partial charge in [-0.2, -0.15) is 0 Å². The average Bonchev–Trinajstić information content (AvgIpc) is 2.43. The molecule has 0 nitrogen and oxygen atoms in total. The Morgan fingerprint density at radius 2 is 1.67 bits per heavy atom. The Labute approximate surface area is 96.8 Å². The Morgan fingerprint density at radius 3 is 2.47 bits per heavy atom. The molecule has 0 radical (unpaired) electrons. The van der Waals surface area contributed by atoms with E-state index in [1.54, 1.807) is 0 Å². The lowest BCUT2D eigenvalue weighted by Gasteiger charge is -2.13. The molecule has 0 amide bonds. The maximum absolute atomic E-state index is 2.43. The van der Waals surface area contributed by atoms with Crippen LogP contribution in [0.4, 0.5) is 0 Å². The van der Waals surface area contributed by atoms with Gasteiger partial charge in [-0.1, -0.05) is 84.5 Å². The molecule has 0 bridgehead atoms. The van der Waals surface area contributed by atoms with Gasteiger partial charge in [-0.25, -0.2) is 0 Å². The van der Waals surface area contributed by atoms with Crippen molar-refractivity contribution in [3.05, 3.63) is 0 Å². The third-order valence-corrected chi connectivity index (χ3v) is 4.09. The highest BCUT2D eigenvalue weighted by Crippen LogP contribution is 2.30. The van der Waals surface area contributed by atoms with Gasteiger partial charge in [0.25, 0.3) is 0 Å². The third kappa shape index (κ3) is 6.22. The molecule has 0 aromatic carbocycles. The molecule has 1 unspecified atom stereocenters. The van der Waals surface area contributed by atoms with Crippen LogP contribution in [-0.2, 0) is 0 Å². The van der Waals surface area contributed by atoms with Crippen molar-refractivity contribution in [2.75, 3.05) is 0 Å². The summed E-state index contributed by atoms with van der Waals surface area (Å²) in [5.74, 6) is 2.09. The maximum atomic E-state index is 2.43. The monoisotopic (exact) mass is 210 g/mol. The highest BCUT2D eigenvalue weighted by Gasteiger charge is 2.15. The van der Waals surface area contributed by atoms with Gasteiger partial charge in [-0.05, 0) is 11.8 Å². The Balaban J connectivity index is 2.00. The van der Waals surface area contributed by atoms with Crippen molar-refractivity contribution in [3.8, 4) is 0 Å². The summed E-state index contributed by atoms with van der Waals surface area (Å²) >= 11 is 0. The molecular weight excluding hydrogens is 180 g/mol. The van der Waals surface area contributed by atoms with Gasteiger partial charge < -0.3 is 0 Å². The molecule has 0 aliphatic heterocycles. The lowest BCUT2D eigenvalue weighted by molar-refractivity contribution is 0.398. The molecular formula is C15H30. The highest BCUT2D eigenvalue weighted by molar-refractivity contribution is 4.68. The van der Waals surface area contributed by atoms with Gasteiger partial charge in [0.05, 0.1) is 0 Å². The summed E-state index contributed by atoms with van der Waals surface area (Å²) in [6.45, 7) is 4.73. The molecule has 0 heterocycles. The Hall–Kier alpha value is 0. The topological polar surface area (TPSA) is 0 Å². The predicted octanol–water partition coefficient (Wildman–Crippen LogP) is 5.56. The van der Waals surface area contributed by atoms with Crippen LogP contribution in [0.15, 0.2) is 0 Å². The van der Waals surface area contributed by atoms with E-state index in [-0.39, 0.29) is 0 Å². The first kappa shape index (κ1) is 13.1. The van der Waals surface area contributed by atoms with E-state index in [2.05, 4.69) is 13.8 Å². The van der Waals surface area contributed by atoms with E-state index in [1.807, 2.05) is 0 Å². The Bertz CT molecular complexity index is 139.